The first-order valence-corrected chi connectivity index (χ1v) is 25.2. The highest BCUT2D eigenvalue weighted by molar-refractivity contribution is 6.41. The van der Waals surface area contributed by atoms with Crippen molar-refractivity contribution in [3.8, 4) is 0 Å². The summed E-state index contributed by atoms with van der Waals surface area (Å²) in [6.07, 6.45) is 32.1. The molecule has 2 unspecified atom stereocenters. The quantitative estimate of drug-likeness (QED) is 0.114. The maximum atomic E-state index is 8.47. The molecule has 6 aromatic heterocycles. The van der Waals surface area contributed by atoms with E-state index in [2.05, 4.69) is 130 Å². The van der Waals surface area contributed by atoms with Gasteiger partial charge in [0.05, 0.1) is 42.2 Å². The highest BCUT2D eigenvalue weighted by Crippen LogP contribution is 2.55. The van der Waals surface area contributed by atoms with E-state index in [1.54, 1.807) is 25.1 Å². The van der Waals surface area contributed by atoms with E-state index in [-0.39, 0.29) is 0 Å². The summed E-state index contributed by atoms with van der Waals surface area (Å²) >= 11 is 16.7. The van der Waals surface area contributed by atoms with Gasteiger partial charge >= 0.3 is 0 Å². The first-order chi connectivity index (χ1) is 36.0. The fourth-order valence-corrected chi connectivity index (χ4v) is 11.7. The van der Waals surface area contributed by atoms with Crippen LogP contribution in [-0.2, 0) is 4.87 Å². The number of fused-ring (bicyclic) bond motifs is 6. The molecule has 13 rings (SSSR count). The number of furan rings is 4. The van der Waals surface area contributed by atoms with Gasteiger partial charge in [0.25, 0.3) is 0 Å². The van der Waals surface area contributed by atoms with Crippen molar-refractivity contribution >= 4 is 73.6 Å². The number of likely N-dealkylation sites (N-methyl/N-ethyl adjacent to an activating group) is 4. The topological polar surface area (TPSA) is 122 Å². The fourth-order valence-electron chi connectivity index (χ4n) is 11.0. The molecular formula is C60H50Cl2N8O4. The van der Waals surface area contributed by atoms with Gasteiger partial charge in [-0.25, -0.2) is 4.99 Å². The molecule has 0 aromatic carbocycles. The summed E-state index contributed by atoms with van der Waals surface area (Å²) in [4.78, 5) is 24.4. The summed E-state index contributed by atoms with van der Waals surface area (Å²) in [5.41, 5.74) is 13.7. The van der Waals surface area contributed by atoms with Crippen LogP contribution in [0.4, 0.5) is 0 Å². The van der Waals surface area contributed by atoms with E-state index in [0.717, 1.165) is 112 Å². The highest BCUT2D eigenvalue weighted by Gasteiger charge is 2.55. The second-order valence-electron chi connectivity index (χ2n) is 19.7. The third kappa shape index (κ3) is 7.84. The van der Waals surface area contributed by atoms with E-state index >= 15 is 0 Å². The van der Waals surface area contributed by atoms with Gasteiger partial charge in [-0.3, -0.25) is 4.99 Å². The Morgan fingerprint density at radius 2 is 0.973 bits per heavy atom. The SMILES string of the molecule is CN1C=C(C2=C3C=CC(=N3)C(C3=CN(C)CC(c4ccco4)=C3)=c3ccc([nH]3)=C(C3=CN(C)CC(c4ccco4)=C3)C3=NC(Cl)(C=C3)C(Cl)(C3=CN(C)CC(c4ccco4)=C3)c3ccc2[nH]3)C=C(c2ccco2)C1. The maximum Gasteiger partial charge on any atom is 0.181 e. The maximum absolute atomic E-state index is 8.47. The van der Waals surface area contributed by atoms with Crippen LogP contribution in [0.15, 0.2) is 227 Å². The number of alkyl halides is 2. The predicted octanol–water partition coefficient (Wildman–Crippen LogP) is 10.5. The lowest BCUT2D eigenvalue weighted by atomic mass is 9.84. The number of rotatable bonds is 8. The molecule has 74 heavy (non-hydrogen) atoms. The van der Waals surface area contributed by atoms with Gasteiger partial charge in [-0.1, -0.05) is 11.6 Å². The normalized spacial score (nSPS) is 22.8. The van der Waals surface area contributed by atoms with Crippen LogP contribution < -0.4 is 10.7 Å². The average molecular weight is 1020 g/mol. The monoisotopic (exact) mass is 1020 g/mol. The number of H-pyrrole nitrogens is 2. The summed E-state index contributed by atoms with van der Waals surface area (Å²) in [5, 5.41) is 1.66. The lowest BCUT2D eigenvalue weighted by molar-refractivity contribution is 0.472. The Labute approximate surface area is 437 Å². The lowest BCUT2D eigenvalue weighted by Crippen LogP contribution is -2.43. The number of halogens is 2. The van der Waals surface area contributed by atoms with Gasteiger partial charge in [0.2, 0.25) is 0 Å². The molecule has 14 heteroatoms. The van der Waals surface area contributed by atoms with Crippen LogP contribution in [0.1, 0.15) is 34.4 Å². The largest absolute Gasteiger partial charge is 0.465 e. The Bertz CT molecular complexity index is 3820. The Morgan fingerprint density at radius 3 is 1.47 bits per heavy atom. The van der Waals surface area contributed by atoms with E-state index in [0.29, 0.717) is 37.6 Å². The molecule has 12 nitrogen and oxygen atoms in total. The molecule has 2 N–H and O–H groups in total. The highest BCUT2D eigenvalue weighted by atomic mass is 35.5. The van der Waals surface area contributed by atoms with Gasteiger partial charge in [0.1, 0.15) is 23.0 Å². The molecule has 8 bridgehead atoms. The van der Waals surface area contributed by atoms with Crippen LogP contribution in [0.3, 0.4) is 0 Å². The molecule has 0 aliphatic carbocycles. The third-order valence-electron chi connectivity index (χ3n) is 14.2. The predicted molar refractivity (Wildman–Crippen MR) is 293 cm³/mol. The molecule has 2 atom stereocenters. The van der Waals surface area contributed by atoms with Crippen molar-refractivity contribution in [3.63, 3.8) is 0 Å². The lowest BCUT2D eigenvalue weighted by Gasteiger charge is -2.39. The molecule has 0 saturated carbocycles. The summed E-state index contributed by atoms with van der Waals surface area (Å²) in [7, 11) is 8.23. The van der Waals surface area contributed by atoms with Crippen LogP contribution in [0.25, 0.3) is 39.0 Å². The van der Waals surface area contributed by atoms with E-state index in [1.165, 1.54) is 0 Å². The van der Waals surface area contributed by atoms with Crippen LogP contribution in [0.5, 0.6) is 0 Å². The zero-order valence-electron chi connectivity index (χ0n) is 41.1. The van der Waals surface area contributed by atoms with Gasteiger partial charge in [0, 0.05) is 157 Å². The summed E-state index contributed by atoms with van der Waals surface area (Å²) in [6.45, 7) is 2.57. The average Bonchev–Trinajstić information content (AvgIpc) is 4.24. The number of nitrogens with zero attached hydrogens (tertiary/aromatic N) is 6. The zero-order chi connectivity index (χ0) is 50.3. The summed E-state index contributed by atoms with van der Waals surface area (Å²) in [6, 6.07) is 23.9. The van der Waals surface area contributed by atoms with E-state index in [1.807, 2.05) is 73.8 Å². The van der Waals surface area contributed by atoms with Crippen molar-refractivity contribution in [3.05, 3.63) is 244 Å². The van der Waals surface area contributed by atoms with Crippen molar-refractivity contribution < 1.29 is 17.7 Å². The Morgan fingerprint density at radius 1 is 0.500 bits per heavy atom. The van der Waals surface area contributed by atoms with Crippen molar-refractivity contribution in [1.82, 2.24) is 29.6 Å². The van der Waals surface area contributed by atoms with Gasteiger partial charge in [-0.05, 0) is 127 Å². The number of aliphatic imine (C=N–C) groups is 2. The second-order valence-corrected chi connectivity index (χ2v) is 20.8. The molecule has 0 saturated heterocycles. The zero-order valence-corrected chi connectivity index (χ0v) is 42.6. The first kappa shape index (κ1) is 45.5. The van der Waals surface area contributed by atoms with E-state index < -0.39 is 9.87 Å². The molecular weight excluding hydrogens is 968 g/mol. The number of hydrogen-bond acceptors (Lipinski definition) is 10. The number of aromatic amines is 2. The minimum absolute atomic E-state index is 0.597. The summed E-state index contributed by atoms with van der Waals surface area (Å²) < 4.78 is 24.0. The van der Waals surface area contributed by atoms with Crippen LogP contribution >= 0.6 is 23.2 Å². The van der Waals surface area contributed by atoms with Crippen LogP contribution in [-0.4, -0.2) is 100 Å². The molecule has 0 radical (unpaired) electrons. The molecule has 368 valence electrons. The molecule has 6 aromatic rings. The van der Waals surface area contributed by atoms with E-state index in [4.69, 9.17) is 50.9 Å². The smallest absolute Gasteiger partial charge is 0.181 e. The van der Waals surface area contributed by atoms with Gasteiger partial charge in [-0.2, -0.15) is 0 Å². The number of allylic oxidation sites excluding steroid dienone is 11. The van der Waals surface area contributed by atoms with Gasteiger partial charge in [-0.15, -0.1) is 11.6 Å². The third-order valence-corrected chi connectivity index (χ3v) is 15.5. The Kier molecular flexibility index (Phi) is 10.9. The van der Waals surface area contributed by atoms with Gasteiger partial charge < -0.3 is 47.2 Å². The van der Waals surface area contributed by atoms with Crippen molar-refractivity contribution in [2.75, 3.05) is 54.4 Å². The van der Waals surface area contributed by atoms with Crippen molar-refractivity contribution in [2.45, 2.75) is 9.87 Å². The van der Waals surface area contributed by atoms with Gasteiger partial charge in [0.15, 0.2) is 9.87 Å². The molecule has 0 spiro atoms. The first-order valence-electron chi connectivity index (χ1n) is 24.5. The van der Waals surface area contributed by atoms with Crippen LogP contribution in [0.2, 0.25) is 0 Å². The molecule has 13 heterocycles. The van der Waals surface area contributed by atoms with Crippen molar-refractivity contribution in [2.24, 2.45) is 9.98 Å². The molecule has 0 fully saturated rings. The van der Waals surface area contributed by atoms with E-state index in [9.17, 15) is 0 Å². The minimum atomic E-state index is -1.59. The second kappa shape index (κ2) is 17.7. The molecule has 7 aliphatic rings. The molecule has 7 aliphatic heterocycles. The van der Waals surface area contributed by atoms with Crippen LogP contribution in [0, 0.1) is 0 Å². The standard InChI is InChI=1S/C60H50Cl2N8O4/c1-67-29-37(51-9-5-21-71-51)25-41(33-67)56-45-13-14-47(63-45)57(42-26-38(30-68(2)34-42)52-10-6-22-72-52)49-17-18-55(65-49)60(62,44-28-40(32-70(4)36-44)54-12-8-24-74-54)59(61)20-19-50(66-59)58(48-16-15-46(56)64-48)43-27-39(31-69(3)35-43)53-11-7-23-73-53/h5-28,33-36,64-65H,29-32H2,1-4H3. The Balaban J connectivity index is 1.12. The summed E-state index contributed by atoms with van der Waals surface area (Å²) in [5.74, 6) is 3.13. The molecule has 0 amide bonds. The number of aromatic nitrogens is 2. The number of hydrogen-bond donors (Lipinski definition) is 2. The fraction of sp³-hybridized carbons (Fsp3) is 0.167. The Hall–Kier alpha value is -8.32. The van der Waals surface area contributed by atoms with Crippen molar-refractivity contribution in [1.29, 1.82) is 0 Å². The number of nitrogens with one attached hydrogen (secondary N) is 2. The minimum Gasteiger partial charge on any atom is -0.465 e.